The number of hydrogen-bond acceptors (Lipinski definition) is 2. The van der Waals surface area contributed by atoms with E-state index in [-0.39, 0.29) is 0 Å². The Bertz CT molecular complexity index is 260. The van der Waals surface area contributed by atoms with Crippen molar-refractivity contribution >= 4 is 11.8 Å². The highest BCUT2D eigenvalue weighted by Crippen LogP contribution is 2.42. The molecule has 0 spiro atoms. The standard InChI is InChI=1S/C15H26OS/c1-17-12-14(13-8-4-2-5-9-13)15(16)10-6-3-7-11-15/h12-13,16H,2-11H2,1H3/b14-12+. The van der Waals surface area contributed by atoms with E-state index >= 15 is 0 Å². The summed E-state index contributed by atoms with van der Waals surface area (Å²) in [4.78, 5) is 0. The molecule has 2 fully saturated rings. The first kappa shape index (κ1) is 13.5. The fourth-order valence-electron chi connectivity index (χ4n) is 3.55. The Morgan fingerprint density at radius 1 is 1.06 bits per heavy atom. The van der Waals surface area contributed by atoms with Crippen LogP contribution in [0.3, 0.4) is 0 Å². The zero-order valence-electron chi connectivity index (χ0n) is 11.1. The van der Waals surface area contributed by atoms with E-state index in [0.717, 1.165) is 12.8 Å². The van der Waals surface area contributed by atoms with Crippen molar-refractivity contribution in [3.05, 3.63) is 11.0 Å². The Morgan fingerprint density at radius 3 is 2.24 bits per heavy atom. The molecule has 1 N–H and O–H groups in total. The van der Waals surface area contributed by atoms with E-state index < -0.39 is 5.60 Å². The van der Waals surface area contributed by atoms with Gasteiger partial charge >= 0.3 is 0 Å². The predicted molar refractivity (Wildman–Crippen MR) is 76.2 cm³/mol. The fraction of sp³-hybridized carbons (Fsp3) is 0.867. The Labute approximate surface area is 110 Å². The van der Waals surface area contributed by atoms with Crippen LogP contribution < -0.4 is 0 Å². The molecule has 2 saturated carbocycles. The molecule has 0 aromatic rings. The lowest BCUT2D eigenvalue weighted by Gasteiger charge is -2.39. The highest BCUT2D eigenvalue weighted by molar-refractivity contribution is 8.01. The summed E-state index contributed by atoms with van der Waals surface area (Å²) in [5, 5.41) is 13.2. The highest BCUT2D eigenvalue weighted by atomic mass is 32.2. The lowest BCUT2D eigenvalue weighted by atomic mass is 9.71. The molecule has 2 rings (SSSR count). The summed E-state index contributed by atoms with van der Waals surface area (Å²) in [5.74, 6) is 0.666. The monoisotopic (exact) mass is 254 g/mol. The van der Waals surface area contributed by atoms with Gasteiger partial charge in [0.25, 0.3) is 0 Å². The van der Waals surface area contributed by atoms with E-state index in [0.29, 0.717) is 5.92 Å². The van der Waals surface area contributed by atoms with Gasteiger partial charge in [-0.25, -0.2) is 0 Å². The Kier molecular flexibility index (Phi) is 4.98. The molecular formula is C15H26OS. The normalized spacial score (nSPS) is 27.1. The molecule has 0 aromatic carbocycles. The van der Waals surface area contributed by atoms with E-state index in [1.54, 1.807) is 11.8 Å². The molecule has 0 heterocycles. The second-order valence-electron chi connectivity index (χ2n) is 5.74. The maximum absolute atomic E-state index is 10.9. The number of rotatable bonds is 3. The molecular weight excluding hydrogens is 228 g/mol. The minimum atomic E-state index is -0.455. The summed E-state index contributed by atoms with van der Waals surface area (Å²) >= 11 is 1.77. The van der Waals surface area contributed by atoms with Crippen LogP contribution in [0.4, 0.5) is 0 Å². The van der Waals surface area contributed by atoms with E-state index in [1.165, 1.54) is 56.9 Å². The topological polar surface area (TPSA) is 20.2 Å². The van der Waals surface area contributed by atoms with Crippen molar-refractivity contribution in [3.8, 4) is 0 Å². The van der Waals surface area contributed by atoms with Gasteiger partial charge in [-0.15, -0.1) is 11.8 Å². The van der Waals surface area contributed by atoms with Crippen LogP contribution in [-0.2, 0) is 0 Å². The fourth-order valence-corrected chi connectivity index (χ4v) is 4.22. The van der Waals surface area contributed by atoms with E-state index in [1.807, 2.05) is 0 Å². The van der Waals surface area contributed by atoms with Crippen LogP contribution in [0, 0.1) is 5.92 Å². The van der Waals surface area contributed by atoms with Crippen molar-refractivity contribution in [1.82, 2.24) is 0 Å². The van der Waals surface area contributed by atoms with Gasteiger partial charge in [-0.1, -0.05) is 38.5 Å². The minimum Gasteiger partial charge on any atom is -0.385 e. The highest BCUT2D eigenvalue weighted by Gasteiger charge is 2.37. The zero-order valence-corrected chi connectivity index (χ0v) is 11.9. The maximum Gasteiger partial charge on any atom is 0.0867 e. The van der Waals surface area contributed by atoms with Crippen LogP contribution >= 0.6 is 11.8 Å². The van der Waals surface area contributed by atoms with E-state index in [4.69, 9.17) is 0 Å². The van der Waals surface area contributed by atoms with Crippen molar-refractivity contribution in [3.63, 3.8) is 0 Å². The summed E-state index contributed by atoms with van der Waals surface area (Å²) < 4.78 is 0. The molecule has 0 unspecified atom stereocenters. The first-order valence-corrected chi connectivity index (χ1v) is 8.51. The van der Waals surface area contributed by atoms with Crippen molar-refractivity contribution in [2.75, 3.05) is 6.26 Å². The molecule has 0 bridgehead atoms. The lowest BCUT2D eigenvalue weighted by molar-refractivity contribution is 0.0275. The molecule has 2 aliphatic carbocycles. The quantitative estimate of drug-likeness (QED) is 0.799. The molecule has 0 saturated heterocycles. The zero-order chi connectivity index (χ0) is 12.1. The molecule has 98 valence electrons. The molecule has 2 aliphatic rings. The van der Waals surface area contributed by atoms with Gasteiger partial charge < -0.3 is 5.11 Å². The summed E-state index contributed by atoms with van der Waals surface area (Å²) in [6.45, 7) is 0. The van der Waals surface area contributed by atoms with Gasteiger partial charge in [-0.05, 0) is 48.8 Å². The Balaban J connectivity index is 2.12. The second kappa shape index (κ2) is 6.29. The molecule has 0 radical (unpaired) electrons. The maximum atomic E-state index is 10.9. The van der Waals surface area contributed by atoms with Gasteiger partial charge in [-0.3, -0.25) is 0 Å². The van der Waals surface area contributed by atoms with Crippen LogP contribution in [0.15, 0.2) is 11.0 Å². The van der Waals surface area contributed by atoms with Crippen molar-refractivity contribution in [2.45, 2.75) is 69.8 Å². The van der Waals surface area contributed by atoms with Gasteiger partial charge in [0.1, 0.15) is 0 Å². The largest absolute Gasteiger partial charge is 0.385 e. The number of thioether (sulfide) groups is 1. The summed E-state index contributed by atoms with van der Waals surface area (Å²) in [5.41, 5.74) is 0.924. The molecule has 0 aromatic heterocycles. The van der Waals surface area contributed by atoms with Gasteiger partial charge in [0.15, 0.2) is 0 Å². The van der Waals surface area contributed by atoms with Crippen LogP contribution in [-0.4, -0.2) is 17.0 Å². The molecule has 0 atom stereocenters. The van der Waals surface area contributed by atoms with Crippen molar-refractivity contribution in [1.29, 1.82) is 0 Å². The summed E-state index contributed by atoms with van der Waals surface area (Å²) in [7, 11) is 0. The molecule has 0 aliphatic heterocycles. The second-order valence-corrected chi connectivity index (χ2v) is 6.44. The van der Waals surface area contributed by atoms with Gasteiger partial charge in [0.2, 0.25) is 0 Å². The van der Waals surface area contributed by atoms with E-state index in [9.17, 15) is 5.11 Å². The number of aliphatic hydroxyl groups is 1. The predicted octanol–water partition coefficient (Wildman–Crippen LogP) is 4.51. The average Bonchev–Trinajstić information content (AvgIpc) is 2.38. The average molecular weight is 254 g/mol. The Morgan fingerprint density at radius 2 is 1.65 bits per heavy atom. The summed E-state index contributed by atoms with van der Waals surface area (Å²) in [6.07, 6.45) is 14.5. The van der Waals surface area contributed by atoms with Crippen LogP contribution in [0.25, 0.3) is 0 Å². The molecule has 2 heteroatoms. The van der Waals surface area contributed by atoms with Gasteiger partial charge in [0.05, 0.1) is 5.60 Å². The Hall–Kier alpha value is 0.0500. The molecule has 17 heavy (non-hydrogen) atoms. The third-order valence-electron chi connectivity index (χ3n) is 4.51. The molecule has 1 nitrogen and oxygen atoms in total. The van der Waals surface area contributed by atoms with Gasteiger partial charge in [-0.2, -0.15) is 0 Å². The van der Waals surface area contributed by atoms with Crippen LogP contribution in [0.5, 0.6) is 0 Å². The van der Waals surface area contributed by atoms with Crippen molar-refractivity contribution in [2.24, 2.45) is 5.92 Å². The van der Waals surface area contributed by atoms with Crippen LogP contribution in [0.2, 0.25) is 0 Å². The smallest absolute Gasteiger partial charge is 0.0867 e. The lowest BCUT2D eigenvalue weighted by Crippen LogP contribution is -2.37. The summed E-state index contributed by atoms with van der Waals surface area (Å²) in [6, 6.07) is 0. The van der Waals surface area contributed by atoms with Gasteiger partial charge in [0, 0.05) is 0 Å². The SMILES string of the molecule is CS/C=C(\C1CCCCC1)C1(O)CCCCC1. The third kappa shape index (κ3) is 3.29. The third-order valence-corrected chi connectivity index (χ3v) is 5.00. The number of hydrogen-bond donors (Lipinski definition) is 1. The van der Waals surface area contributed by atoms with Crippen LogP contribution in [0.1, 0.15) is 64.2 Å². The first-order valence-electron chi connectivity index (χ1n) is 7.22. The van der Waals surface area contributed by atoms with Crippen molar-refractivity contribution < 1.29 is 5.11 Å². The minimum absolute atomic E-state index is 0.455. The first-order chi connectivity index (χ1) is 8.26. The van der Waals surface area contributed by atoms with E-state index in [2.05, 4.69) is 11.7 Å². The molecule has 0 amide bonds.